The highest BCUT2D eigenvalue weighted by Crippen LogP contribution is 2.18. The first-order valence-corrected chi connectivity index (χ1v) is 8.86. The number of carbonyl (C=O) groups is 1. The molecule has 2 aromatic rings. The predicted molar refractivity (Wildman–Crippen MR) is 103 cm³/mol. The van der Waals surface area contributed by atoms with E-state index >= 15 is 0 Å². The predicted octanol–water partition coefficient (Wildman–Crippen LogP) is 2.47. The number of hydrogen-bond donors (Lipinski definition) is 2. The van der Waals surface area contributed by atoms with Crippen molar-refractivity contribution < 1.29 is 14.6 Å². The van der Waals surface area contributed by atoms with Crippen molar-refractivity contribution in [3.8, 4) is 0 Å². The van der Waals surface area contributed by atoms with E-state index < -0.39 is 6.10 Å². The van der Waals surface area contributed by atoms with Crippen LogP contribution in [0.3, 0.4) is 0 Å². The molecule has 0 spiro atoms. The van der Waals surface area contributed by atoms with Gasteiger partial charge in [0.25, 0.3) is 0 Å². The van der Waals surface area contributed by atoms with Crippen molar-refractivity contribution in [1.29, 1.82) is 0 Å². The van der Waals surface area contributed by atoms with Crippen LogP contribution in [0.2, 0.25) is 0 Å². The van der Waals surface area contributed by atoms with E-state index in [9.17, 15) is 9.90 Å². The molecule has 5 nitrogen and oxygen atoms in total. The number of thiophene rings is 1. The summed E-state index contributed by atoms with van der Waals surface area (Å²) in [4.78, 5) is 14.2. The monoisotopic (exact) mass is 384 g/mol. The summed E-state index contributed by atoms with van der Waals surface area (Å²) in [6.07, 6.45) is -0.678. The van der Waals surface area contributed by atoms with Gasteiger partial charge >= 0.3 is 0 Å². The Morgan fingerprint density at radius 2 is 2.08 bits per heavy atom. The van der Waals surface area contributed by atoms with Crippen LogP contribution in [0.15, 0.2) is 47.2 Å². The number of amides is 1. The van der Waals surface area contributed by atoms with Crippen LogP contribution in [-0.4, -0.2) is 49.3 Å². The molecular formula is C18H25ClN2O3S. The van der Waals surface area contributed by atoms with Crippen LogP contribution in [0.4, 0.5) is 0 Å². The highest BCUT2D eigenvalue weighted by molar-refractivity contribution is 7.07. The fourth-order valence-electron chi connectivity index (χ4n) is 2.32. The van der Waals surface area contributed by atoms with Gasteiger partial charge in [-0.3, -0.25) is 4.79 Å². The first-order valence-electron chi connectivity index (χ1n) is 7.92. The van der Waals surface area contributed by atoms with Crippen LogP contribution in [0.25, 0.3) is 0 Å². The molecule has 0 aliphatic heterocycles. The number of methoxy groups -OCH3 is 1. The van der Waals surface area contributed by atoms with Gasteiger partial charge in [0, 0.05) is 20.2 Å². The Morgan fingerprint density at radius 3 is 2.72 bits per heavy atom. The van der Waals surface area contributed by atoms with Crippen molar-refractivity contribution >= 4 is 29.7 Å². The number of rotatable bonds is 10. The topological polar surface area (TPSA) is 61.8 Å². The van der Waals surface area contributed by atoms with Crippen molar-refractivity contribution in [2.75, 3.05) is 33.4 Å². The second kappa shape index (κ2) is 12.0. The van der Waals surface area contributed by atoms with Gasteiger partial charge in [-0.15, -0.1) is 12.4 Å². The quantitative estimate of drug-likeness (QED) is 0.618. The number of nitrogens with zero attached hydrogens (tertiary/aromatic N) is 1. The Kier molecular flexibility index (Phi) is 10.4. The van der Waals surface area contributed by atoms with Crippen molar-refractivity contribution in [2.45, 2.75) is 12.6 Å². The Hall–Kier alpha value is -1.44. The maximum Gasteiger partial charge on any atom is 0.236 e. The van der Waals surface area contributed by atoms with E-state index in [2.05, 4.69) is 5.32 Å². The molecule has 1 unspecified atom stereocenters. The molecule has 25 heavy (non-hydrogen) atoms. The molecule has 2 rings (SSSR count). The molecule has 1 amide bonds. The molecule has 1 atom stereocenters. The smallest absolute Gasteiger partial charge is 0.236 e. The summed E-state index contributed by atoms with van der Waals surface area (Å²) in [6, 6.07) is 11.7. The molecule has 0 aliphatic rings. The molecule has 7 heteroatoms. The third kappa shape index (κ3) is 7.54. The molecule has 1 heterocycles. The number of carbonyl (C=O) groups excluding carboxylic acids is 1. The molecule has 138 valence electrons. The standard InChI is InChI=1S/C18H24N2O3S.ClH/c1-23-9-8-19-11-18(22)20(12-15-5-3-2-4-6-15)13-17(21)16-7-10-24-14-16;/h2-7,10,14,17,19,21H,8-9,11-13H2,1H3;1H. The zero-order chi connectivity index (χ0) is 17.2. The van der Waals surface area contributed by atoms with E-state index in [0.717, 1.165) is 11.1 Å². The highest BCUT2D eigenvalue weighted by Gasteiger charge is 2.19. The fraction of sp³-hybridized carbons (Fsp3) is 0.389. The van der Waals surface area contributed by atoms with Gasteiger partial charge in [0.15, 0.2) is 0 Å². The summed E-state index contributed by atoms with van der Waals surface area (Å²) < 4.78 is 4.97. The molecule has 0 radical (unpaired) electrons. The molecular weight excluding hydrogens is 360 g/mol. The van der Waals surface area contributed by atoms with Crippen molar-refractivity contribution in [3.63, 3.8) is 0 Å². The van der Waals surface area contributed by atoms with Crippen LogP contribution in [0.5, 0.6) is 0 Å². The number of nitrogens with one attached hydrogen (secondary N) is 1. The van der Waals surface area contributed by atoms with Crippen LogP contribution in [0, 0.1) is 0 Å². The first kappa shape index (κ1) is 21.6. The average Bonchev–Trinajstić information content (AvgIpc) is 3.13. The molecule has 1 aromatic carbocycles. The minimum absolute atomic E-state index is 0. The minimum Gasteiger partial charge on any atom is -0.387 e. The Labute approximate surface area is 159 Å². The lowest BCUT2D eigenvalue weighted by Gasteiger charge is -2.25. The van der Waals surface area contributed by atoms with Gasteiger partial charge in [0.2, 0.25) is 5.91 Å². The summed E-state index contributed by atoms with van der Waals surface area (Å²) in [7, 11) is 1.63. The van der Waals surface area contributed by atoms with Gasteiger partial charge in [0.1, 0.15) is 0 Å². The maximum absolute atomic E-state index is 12.5. The second-order valence-corrected chi connectivity index (χ2v) is 6.28. The molecule has 0 fully saturated rings. The van der Waals surface area contributed by atoms with Gasteiger partial charge in [-0.25, -0.2) is 0 Å². The van der Waals surface area contributed by atoms with Crippen LogP contribution < -0.4 is 5.32 Å². The Morgan fingerprint density at radius 1 is 1.32 bits per heavy atom. The SMILES string of the molecule is COCCNCC(=O)N(Cc1ccccc1)CC(O)c1ccsc1.Cl. The van der Waals surface area contributed by atoms with Gasteiger partial charge < -0.3 is 20.1 Å². The van der Waals surface area contributed by atoms with Crippen LogP contribution in [0.1, 0.15) is 17.2 Å². The zero-order valence-electron chi connectivity index (χ0n) is 14.3. The fourth-order valence-corrected chi connectivity index (χ4v) is 3.03. The number of ether oxygens (including phenoxy) is 1. The molecule has 0 aliphatic carbocycles. The largest absolute Gasteiger partial charge is 0.387 e. The minimum atomic E-state index is -0.678. The molecule has 2 N–H and O–H groups in total. The number of hydrogen-bond acceptors (Lipinski definition) is 5. The van der Waals surface area contributed by atoms with Gasteiger partial charge in [-0.2, -0.15) is 11.3 Å². The summed E-state index contributed by atoms with van der Waals surface area (Å²) >= 11 is 1.54. The lowest BCUT2D eigenvalue weighted by Crippen LogP contribution is -2.40. The number of benzene rings is 1. The summed E-state index contributed by atoms with van der Waals surface area (Å²) in [5.74, 6) is -0.0377. The third-order valence-corrected chi connectivity index (χ3v) is 4.35. The highest BCUT2D eigenvalue weighted by atomic mass is 35.5. The summed E-state index contributed by atoms with van der Waals surface area (Å²) in [5, 5.41) is 17.3. The maximum atomic E-state index is 12.5. The normalized spacial score (nSPS) is 11.6. The lowest BCUT2D eigenvalue weighted by atomic mass is 10.1. The van der Waals surface area contributed by atoms with Crippen LogP contribution >= 0.6 is 23.7 Å². The zero-order valence-corrected chi connectivity index (χ0v) is 15.9. The van der Waals surface area contributed by atoms with Crippen molar-refractivity contribution in [1.82, 2.24) is 10.2 Å². The van der Waals surface area contributed by atoms with Crippen molar-refractivity contribution in [2.24, 2.45) is 0 Å². The van der Waals surface area contributed by atoms with E-state index in [4.69, 9.17) is 4.74 Å². The van der Waals surface area contributed by atoms with E-state index in [1.165, 1.54) is 11.3 Å². The molecule has 1 aromatic heterocycles. The summed E-state index contributed by atoms with van der Waals surface area (Å²) in [5.41, 5.74) is 1.89. The average molecular weight is 385 g/mol. The van der Waals surface area contributed by atoms with E-state index in [1.807, 2.05) is 47.2 Å². The lowest BCUT2D eigenvalue weighted by molar-refractivity contribution is -0.132. The van der Waals surface area contributed by atoms with Gasteiger partial charge in [0.05, 0.1) is 25.8 Å². The Bertz CT molecular complexity index is 596. The van der Waals surface area contributed by atoms with Crippen molar-refractivity contribution in [3.05, 3.63) is 58.3 Å². The number of aliphatic hydroxyl groups is 1. The van der Waals surface area contributed by atoms with Crippen LogP contribution in [-0.2, 0) is 16.1 Å². The van der Waals surface area contributed by atoms with E-state index in [-0.39, 0.29) is 31.4 Å². The summed E-state index contributed by atoms with van der Waals surface area (Å²) in [6.45, 7) is 2.16. The molecule has 0 bridgehead atoms. The number of aliphatic hydroxyl groups excluding tert-OH is 1. The first-order chi connectivity index (χ1) is 11.7. The second-order valence-electron chi connectivity index (χ2n) is 5.50. The third-order valence-electron chi connectivity index (χ3n) is 3.65. The molecule has 0 saturated carbocycles. The number of halogens is 1. The Balaban J connectivity index is 0.00000312. The van der Waals surface area contributed by atoms with E-state index in [1.54, 1.807) is 12.0 Å². The molecule has 0 saturated heterocycles. The van der Waals surface area contributed by atoms with Gasteiger partial charge in [-0.1, -0.05) is 30.3 Å². The van der Waals surface area contributed by atoms with E-state index in [0.29, 0.717) is 19.7 Å². The van der Waals surface area contributed by atoms with Gasteiger partial charge in [-0.05, 0) is 28.0 Å².